The van der Waals surface area contributed by atoms with E-state index in [1.165, 1.54) is 24.3 Å². The second-order valence-electron chi connectivity index (χ2n) is 8.86. The molecule has 3 aromatic rings. The summed E-state index contributed by atoms with van der Waals surface area (Å²) in [5.41, 5.74) is 3.46. The molecule has 5 amide bonds. The highest BCUT2D eigenvalue weighted by Crippen LogP contribution is 2.35. The van der Waals surface area contributed by atoms with Gasteiger partial charge in [0.2, 0.25) is 0 Å². The van der Waals surface area contributed by atoms with Crippen LogP contribution < -0.4 is 20.3 Å². The van der Waals surface area contributed by atoms with E-state index < -0.39 is 23.8 Å². The zero-order valence-electron chi connectivity index (χ0n) is 21.0. The molecule has 0 radical (unpaired) electrons. The van der Waals surface area contributed by atoms with Crippen LogP contribution in [0, 0.1) is 20.8 Å². The van der Waals surface area contributed by atoms with Crippen LogP contribution in [-0.4, -0.2) is 30.4 Å². The van der Waals surface area contributed by atoms with Crippen molar-refractivity contribution in [3.63, 3.8) is 0 Å². The zero-order chi connectivity index (χ0) is 28.4. The lowest BCUT2D eigenvalue weighted by atomic mass is 10.1. The van der Waals surface area contributed by atoms with Gasteiger partial charge in [-0.3, -0.25) is 19.7 Å². The van der Waals surface area contributed by atoms with E-state index in [0.717, 1.165) is 16.0 Å². The number of carbonyl (C=O) groups excluding carboxylic acids is 4. The second kappa shape index (κ2) is 11.5. The number of nitrogens with one attached hydrogen (secondary N) is 2. The van der Waals surface area contributed by atoms with Crippen LogP contribution in [0.1, 0.15) is 22.3 Å². The smallest absolute Gasteiger partial charge is 0.335 e. The van der Waals surface area contributed by atoms with Gasteiger partial charge in [0.15, 0.2) is 12.4 Å². The first-order chi connectivity index (χ1) is 18.4. The number of hydrogen-bond acceptors (Lipinski definition) is 5. The number of benzene rings is 3. The van der Waals surface area contributed by atoms with Crippen LogP contribution in [-0.2, 0) is 14.4 Å². The molecule has 39 heavy (non-hydrogen) atoms. The van der Waals surface area contributed by atoms with Crippen LogP contribution in [0.15, 0.2) is 54.1 Å². The SMILES string of the molecule is Cc1ccc(NC(=O)COc2c(Cl)cc(/C=C3\C(=O)NC(=O)N(c4cc(Cl)ccc4C)C3=O)cc2Cl)c(C)c1. The monoisotopic (exact) mass is 585 g/mol. The van der Waals surface area contributed by atoms with Gasteiger partial charge in [0, 0.05) is 10.7 Å². The van der Waals surface area contributed by atoms with E-state index >= 15 is 0 Å². The lowest BCUT2D eigenvalue weighted by Crippen LogP contribution is -2.54. The Balaban J connectivity index is 1.54. The first-order valence-electron chi connectivity index (χ1n) is 11.6. The molecule has 0 spiro atoms. The molecule has 1 aliphatic heterocycles. The number of imide groups is 2. The van der Waals surface area contributed by atoms with E-state index in [0.29, 0.717) is 21.8 Å². The van der Waals surface area contributed by atoms with E-state index in [2.05, 4.69) is 10.6 Å². The summed E-state index contributed by atoms with van der Waals surface area (Å²) < 4.78 is 5.56. The van der Waals surface area contributed by atoms with Gasteiger partial charge in [0.25, 0.3) is 17.7 Å². The molecule has 11 heteroatoms. The van der Waals surface area contributed by atoms with Crippen molar-refractivity contribution >= 4 is 76.0 Å². The molecule has 1 fully saturated rings. The quantitative estimate of drug-likeness (QED) is 0.262. The number of anilines is 2. The molecule has 0 saturated carbocycles. The fourth-order valence-corrected chi connectivity index (χ4v) is 4.72. The number of halogens is 3. The van der Waals surface area contributed by atoms with Gasteiger partial charge in [-0.1, -0.05) is 58.6 Å². The summed E-state index contributed by atoms with van der Waals surface area (Å²) >= 11 is 18.8. The number of amides is 5. The highest BCUT2D eigenvalue weighted by Gasteiger charge is 2.37. The number of urea groups is 1. The van der Waals surface area contributed by atoms with Gasteiger partial charge >= 0.3 is 6.03 Å². The van der Waals surface area contributed by atoms with E-state index in [9.17, 15) is 19.2 Å². The Bertz CT molecular complexity index is 1540. The summed E-state index contributed by atoms with van der Waals surface area (Å²) in [5.74, 6) is -2.07. The molecular weight excluding hydrogens is 565 g/mol. The summed E-state index contributed by atoms with van der Waals surface area (Å²) in [6.45, 7) is 5.18. The van der Waals surface area contributed by atoms with Crippen molar-refractivity contribution in [2.24, 2.45) is 0 Å². The Morgan fingerprint density at radius 1 is 0.949 bits per heavy atom. The number of ether oxygens (including phenoxy) is 1. The fourth-order valence-electron chi connectivity index (χ4n) is 3.94. The average Bonchev–Trinajstić information content (AvgIpc) is 2.85. The molecule has 0 aliphatic carbocycles. The Kier molecular flexibility index (Phi) is 8.30. The summed E-state index contributed by atoms with van der Waals surface area (Å²) in [6.07, 6.45) is 1.26. The largest absolute Gasteiger partial charge is 0.481 e. The van der Waals surface area contributed by atoms with Crippen LogP contribution in [0.5, 0.6) is 5.75 Å². The normalized spacial score (nSPS) is 14.5. The maximum Gasteiger partial charge on any atom is 0.335 e. The molecule has 0 atom stereocenters. The van der Waals surface area contributed by atoms with Crippen LogP contribution in [0.25, 0.3) is 6.08 Å². The van der Waals surface area contributed by atoms with Gasteiger partial charge < -0.3 is 10.1 Å². The van der Waals surface area contributed by atoms with Gasteiger partial charge in [-0.25, -0.2) is 9.69 Å². The number of hydrogen-bond donors (Lipinski definition) is 2. The summed E-state index contributed by atoms with van der Waals surface area (Å²) in [5, 5.41) is 5.34. The van der Waals surface area contributed by atoms with E-state index in [-0.39, 0.29) is 33.7 Å². The number of barbiturate groups is 1. The Hall–Kier alpha value is -3.85. The van der Waals surface area contributed by atoms with Crippen molar-refractivity contribution in [1.29, 1.82) is 0 Å². The minimum atomic E-state index is -0.897. The predicted octanol–water partition coefficient (Wildman–Crippen LogP) is 6.26. The minimum absolute atomic E-state index is 0.0518. The van der Waals surface area contributed by atoms with Crippen molar-refractivity contribution in [3.8, 4) is 5.75 Å². The Morgan fingerprint density at radius 3 is 2.31 bits per heavy atom. The Labute approximate surface area is 239 Å². The summed E-state index contributed by atoms with van der Waals surface area (Å²) in [6, 6.07) is 12.3. The summed E-state index contributed by atoms with van der Waals surface area (Å²) in [7, 11) is 0. The van der Waals surface area contributed by atoms with Gasteiger partial charge in [0.05, 0.1) is 15.7 Å². The maximum absolute atomic E-state index is 13.2. The van der Waals surface area contributed by atoms with Gasteiger partial charge in [-0.05, 0) is 73.9 Å². The molecule has 1 aliphatic rings. The van der Waals surface area contributed by atoms with Crippen LogP contribution >= 0.6 is 34.8 Å². The molecule has 0 aromatic heterocycles. The van der Waals surface area contributed by atoms with Gasteiger partial charge in [-0.15, -0.1) is 0 Å². The molecule has 3 aromatic carbocycles. The van der Waals surface area contributed by atoms with Crippen LogP contribution in [0.3, 0.4) is 0 Å². The Morgan fingerprint density at radius 2 is 1.64 bits per heavy atom. The van der Waals surface area contributed by atoms with E-state index in [4.69, 9.17) is 39.5 Å². The second-order valence-corrected chi connectivity index (χ2v) is 10.1. The van der Waals surface area contributed by atoms with Crippen molar-refractivity contribution in [2.75, 3.05) is 16.8 Å². The van der Waals surface area contributed by atoms with Crippen molar-refractivity contribution in [2.45, 2.75) is 20.8 Å². The van der Waals surface area contributed by atoms with E-state index in [1.54, 1.807) is 25.1 Å². The minimum Gasteiger partial charge on any atom is -0.481 e. The summed E-state index contributed by atoms with van der Waals surface area (Å²) in [4.78, 5) is 51.5. The topological polar surface area (TPSA) is 105 Å². The highest BCUT2D eigenvalue weighted by molar-refractivity contribution is 6.40. The van der Waals surface area contributed by atoms with E-state index in [1.807, 2.05) is 26.0 Å². The first kappa shape index (κ1) is 28.2. The van der Waals surface area contributed by atoms with Gasteiger partial charge in [0.1, 0.15) is 5.57 Å². The lowest BCUT2D eigenvalue weighted by Gasteiger charge is -2.27. The lowest BCUT2D eigenvalue weighted by molar-refractivity contribution is -0.122. The average molecular weight is 587 g/mol. The fraction of sp³-hybridized carbons (Fsp3) is 0.143. The molecule has 4 rings (SSSR count). The number of nitrogens with zero attached hydrogens (tertiary/aromatic N) is 1. The standard InChI is InChI=1S/C28H22Cl3N3O5/c1-14-4-7-22(16(3)8-14)32-24(35)13-39-25-20(30)10-17(11-21(25)31)9-19-26(36)33-28(38)34(27(19)37)23-12-18(29)6-5-15(23)2/h4-12H,13H2,1-3H3,(H,32,35)(H,33,36,38)/b19-9+. The molecule has 2 N–H and O–H groups in total. The predicted molar refractivity (Wildman–Crippen MR) is 152 cm³/mol. The third-order valence-corrected chi connectivity index (χ3v) is 6.65. The molecule has 8 nitrogen and oxygen atoms in total. The maximum atomic E-state index is 13.2. The third kappa shape index (κ3) is 6.25. The van der Waals surface area contributed by atoms with Crippen molar-refractivity contribution in [3.05, 3.63) is 91.4 Å². The third-order valence-electron chi connectivity index (χ3n) is 5.85. The van der Waals surface area contributed by atoms with Crippen LogP contribution in [0.4, 0.5) is 16.2 Å². The zero-order valence-corrected chi connectivity index (χ0v) is 23.3. The molecule has 1 heterocycles. The van der Waals surface area contributed by atoms with Crippen molar-refractivity contribution < 1.29 is 23.9 Å². The molecule has 1 saturated heterocycles. The molecule has 0 bridgehead atoms. The highest BCUT2D eigenvalue weighted by atomic mass is 35.5. The molecule has 0 unspecified atom stereocenters. The van der Waals surface area contributed by atoms with Crippen molar-refractivity contribution in [1.82, 2.24) is 5.32 Å². The molecular formula is C28H22Cl3N3O5. The number of rotatable bonds is 6. The number of carbonyl (C=O) groups is 4. The van der Waals surface area contributed by atoms with Crippen LogP contribution in [0.2, 0.25) is 15.1 Å². The molecule has 200 valence electrons. The van der Waals surface area contributed by atoms with Gasteiger partial charge in [-0.2, -0.15) is 0 Å². The number of aryl methyl sites for hydroxylation is 3. The first-order valence-corrected chi connectivity index (χ1v) is 12.7.